The number of rotatable bonds is 5. The van der Waals surface area contributed by atoms with Crippen LogP contribution in [0.25, 0.3) is 0 Å². The summed E-state index contributed by atoms with van der Waals surface area (Å²) in [5, 5.41) is 0. The fourth-order valence-electron chi connectivity index (χ4n) is 2.69. The Kier molecular flexibility index (Phi) is 4.78. The molecule has 1 aromatic heterocycles. The van der Waals surface area contributed by atoms with Crippen LogP contribution in [0.1, 0.15) is 28.1 Å². The van der Waals surface area contributed by atoms with E-state index in [1.54, 1.807) is 6.07 Å². The highest BCUT2D eigenvalue weighted by atomic mass is 32.2. The highest BCUT2D eigenvalue weighted by Gasteiger charge is 2.16. The molecule has 5 heteroatoms. The summed E-state index contributed by atoms with van der Waals surface area (Å²) < 4.78 is 29.6. The first-order chi connectivity index (χ1) is 10.2. The molecule has 0 amide bonds. The SMILES string of the molecule is Cc1ccc(S(=O)(=O)NCCc2cc(C)n(C)c2C)c(C)c1. The predicted octanol–water partition coefficient (Wildman–Crippen LogP) is 2.78. The monoisotopic (exact) mass is 320 g/mol. The van der Waals surface area contributed by atoms with Crippen molar-refractivity contribution in [1.82, 2.24) is 9.29 Å². The molecule has 2 rings (SSSR count). The fourth-order valence-corrected chi connectivity index (χ4v) is 3.94. The van der Waals surface area contributed by atoms with Crippen LogP contribution in [-0.4, -0.2) is 19.5 Å². The van der Waals surface area contributed by atoms with Crippen molar-refractivity contribution in [3.05, 3.63) is 52.3 Å². The van der Waals surface area contributed by atoms with Crippen LogP contribution in [0.5, 0.6) is 0 Å². The van der Waals surface area contributed by atoms with Crippen LogP contribution in [0.15, 0.2) is 29.2 Å². The van der Waals surface area contributed by atoms with Gasteiger partial charge in [-0.3, -0.25) is 0 Å². The summed E-state index contributed by atoms with van der Waals surface area (Å²) in [5.74, 6) is 0. The molecule has 0 spiro atoms. The summed E-state index contributed by atoms with van der Waals surface area (Å²) in [5.41, 5.74) is 5.39. The van der Waals surface area contributed by atoms with Crippen LogP contribution in [0.2, 0.25) is 0 Å². The normalized spacial score (nSPS) is 11.9. The topological polar surface area (TPSA) is 51.1 Å². The summed E-state index contributed by atoms with van der Waals surface area (Å²) >= 11 is 0. The van der Waals surface area contributed by atoms with Crippen LogP contribution in [-0.2, 0) is 23.5 Å². The van der Waals surface area contributed by atoms with E-state index in [9.17, 15) is 8.42 Å². The molecule has 2 aromatic rings. The van der Waals surface area contributed by atoms with Crippen LogP contribution >= 0.6 is 0 Å². The quantitative estimate of drug-likeness (QED) is 0.921. The maximum Gasteiger partial charge on any atom is 0.240 e. The summed E-state index contributed by atoms with van der Waals surface area (Å²) in [4.78, 5) is 0.360. The third-order valence-corrected chi connectivity index (χ3v) is 5.81. The first-order valence-corrected chi connectivity index (χ1v) is 8.89. The smallest absolute Gasteiger partial charge is 0.240 e. The average Bonchev–Trinajstić information content (AvgIpc) is 2.66. The average molecular weight is 320 g/mol. The lowest BCUT2D eigenvalue weighted by Crippen LogP contribution is -2.26. The van der Waals surface area contributed by atoms with E-state index >= 15 is 0 Å². The first-order valence-electron chi connectivity index (χ1n) is 7.41. The first kappa shape index (κ1) is 16.8. The van der Waals surface area contributed by atoms with Gasteiger partial charge in [-0.15, -0.1) is 0 Å². The van der Waals surface area contributed by atoms with E-state index in [1.165, 1.54) is 17.0 Å². The Hall–Kier alpha value is -1.59. The number of nitrogens with zero attached hydrogens (tertiary/aromatic N) is 1. The van der Waals surface area contributed by atoms with Gasteiger partial charge in [0.2, 0.25) is 10.0 Å². The summed E-state index contributed by atoms with van der Waals surface area (Å²) in [7, 11) is -1.43. The van der Waals surface area contributed by atoms with Gasteiger partial charge in [0.15, 0.2) is 0 Å². The van der Waals surface area contributed by atoms with Crippen LogP contribution in [0, 0.1) is 27.7 Å². The molecule has 0 radical (unpaired) electrons. The third kappa shape index (κ3) is 3.42. The number of hydrogen-bond acceptors (Lipinski definition) is 2. The van der Waals surface area contributed by atoms with E-state index in [0.29, 0.717) is 17.9 Å². The van der Waals surface area contributed by atoms with Crippen LogP contribution < -0.4 is 4.72 Å². The highest BCUT2D eigenvalue weighted by Crippen LogP contribution is 2.17. The van der Waals surface area contributed by atoms with E-state index in [-0.39, 0.29) is 0 Å². The second kappa shape index (κ2) is 6.26. The van der Waals surface area contributed by atoms with Gasteiger partial charge in [-0.2, -0.15) is 0 Å². The molecule has 22 heavy (non-hydrogen) atoms. The zero-order chi connectivity index (χ0) is 16.5. The minimum atomic E-state index is -3.45. The lowest BCUT2D eigenvalue weighted by atomic mass is 10.2. The predicted molar refractivity (Wildman–Crippen MR) is 89.7 cm³/mol. The van der Waals surface area contributed by atoms with E-state index < -0.39 is 10.0 Å². The molecular weight excluding hydrogens is 296 g/mol. The second-order valence-corrected chi connectivity index (χ2v) is 7.61. The van der Waals surface area contributed by atoms with Crippen LogP contribution in [0.3, 0.4) is 0 Å². The van der Waals surface area contributed by atoms with Crippen molar-refractivity contribution in [2.45, 2.75) is 39.0 Å². The van der Waals surface area contributed by atoms with Gasteiger partial charge in [-0.05, 0) is 57.4 Å². The molecule has 0 bridgehead atoms. The zero-order valence-electron chi connectivity index (χ0n) is 13.9. The lowest BCUT2D eigenvalue weighted by Gasteiger charge is -2.10. The van der Waals surface area contributed by atoms with Crippen molar-refractivity contribution in [3.63, 3.8) is 0 Å². The number of nitrogens with one attached hydrogen (secondary N) is 1. The Balaban J connectivity index is 2.08. The lowest BCUT2D eigenvalue weighted by molar-refractivity contribution is 0.581. The number of sulfonamides is 1. The summed E-state index contributed by atoms with van der Waals surface area (Å²) in [6, 6.07) is 7.50. The van der Waals surface area contributed by atoms with E-state index in [1.807, 2.05) is 33.0 Å². The molecule has 0 aliphatic rings. The Bertz CT molecular complexity index is 789. The van der Waals surface area contributed by atoms with E-state index in [4.69, 9.17) is 0 Å². The molecule has 1 N–H and O–H groups in total. The Morgan fingerprint density at radius 2 is 1.77 bits per heavy atom. The minimum absolute atomic E-state index is 0.360. The molecule has 1 heterocycles. The van der Waals surface area contributed by atoms with Gasteiger partial charge in [0.05, 0.1) is 4.90 Å². The van der Waals surface area contributed by atoms with E-state index in [2.05, 4.69) is 29.2 Å². The number of aryl methyl sites for hydroxylation is 3. The van der Waals surface area contributed by atoms with Crippen molar-refractivity contribution in [2.24, 2.45) is 7.05 Å². The molecule has 120 valence electrons. The number of hydrogen-bond donors (Lipinski definition) is 1. The van der Waals surface area contributed by atoms with Crippen molar-refractivity contribution < 1.29 is 8.42 Å². The molecule has 0 unspecified atom stereocenters. The van der Waals surface area contributed by atoms with Crippen LogP contribution in [0.4, 0.5) is 0 Å². The number of benzene rings is 1. The van der Waals surface area contributed by atoms with Gasteiger partial charge >= 0.3 is 0 Å². The maximum absolute atomic E-state index is 12.4. The second-order valence-electron chi connectivity index (χ2n) is 5.87. The molecule has 0 saturated heterocycles. The summed E-state index contributed by atoms with van der Waals surface area (Å²) in [6.45, 7) is 8.29. The molecule has 0 aliphatic carbocycles. The molecule has 4 nitrogen and oxygen atoms in total. The van der Waals surface area contributed by atoms with Crippen molar-refractivity contribution >= 4 is 10.0 Å². The molecule has 1 aromatic carbocycles. The maximum atomic E-state index is 12.4. The fraction of sp³-hybridized carbons (Fsp3) is 0.412. The molecule has 0 fully saturated rings. The van der Waals surface area contributed by atoms with Crippen molar-refractivity contribution in [3.8, 4) is 0 Å². The standard InChI is InChI=1S/C17H24N2O2S/c1-12-6-7-17(13(2)10-12)22(20,21)18-9-8-16-11-14(3)19(5)15(16)4/h6-7,10-11,18H,8-9H2,1-5H3. The minimum Gasteiger partial charge on any atom is -0.352 e. The van der Waals surface area contributed by atoms with Gasteiger partial charge in [-0.1, -0.05) is 17.7 Å². The molecule has 0 aliphatic heterocycles. The van der Waals surface area contributed by atoms with Gasteiger partial charge in [0.25, 0.3) is 0 Å². The van der Waals surface area contributed by atoms with Gasteiger partial charge in [0.1, 0.15) is 0 Å². The Morgan fingerprint density at radius 3 is 2.32 bits per heavy atom. The van der Waals surface area contributed by atoms with Gasteiger partial charge < -0.3 is 4.57 Å². The summed E-state index contributed by atoms with van der Waals surface area (Å²) in [6.07, 6.45) is 0.692. The van der Waals surface area contributed by atoms with E-state index in [0.717, 1.165) is 11.1 Å². The molecular formula is C17H24N2O2S. The number of aromatic nitrogens is 1. The zero-order valence-corrected chi connectivity index (χ0v) is 14.7. The van der Waals surface area contributed by atoms with Crippen molar-refractivity contribution in [2.75, 3.05) is 6.54 Å². The highest BCUT2D eigenvalue weighted by molar-refractivity contribution is 7.89. The Labute approximate surface area is 133 Å². The van der Waals surface area contributed by atoms with Gasteiger partial charge in [-0.25, -0.2) is 13.1 Å². The van der Waals surface area contributed by atoms with Gasteiger partial charge in [0, 0.05) is 25.0 Å². The largest absolute Gasteiger partial charge is 0.352 e. The third-order valence-electron chi connectivity index (χ3n) is 4.19. The van der Waals surface area contributed by atoms with Crippen molar-refractivity contribution in [1.29, 1.82) is 0 Å². The molecule has 0 atom stereocenters. The molecule has 0 saturated carbocycles. The Morgan fingerprint density at radius 1 is 1.09 bits per heavy atom.